The predicted octanol–water partition coefficient (Wildman–Crippen LogP) is 3.01. The van der Waals surface area contributed by atoms with Crippen LogP contribution in [0.15, 0.2) is 48.3 Å². The number of ether oxygens (including phenoxy) is 1. The lowest BCUT2D eigenvalue weighted by Gasteiger charge is -1.99. The fourth-order valence-electron chi connectivity index (χ4n) is 0.513. The van der Waals surface area contributed by atoms with Crippen LogP contribution in [-0.2, 0) is 4.74 Å². The molecule has 0 aromatic carbocycles. The number of halogens is 1. The van der Waals surface area contributed by atoms with Crippen molar-refractivity contribution in [3.8, 4) is 0 Å². The second-order valence-electron chi connectivity index (χ2n) is 1.72. The highest BCUT2D eigenvalue weighted by molar-refractivity contribution is 6.31. The summed E-state index contributed by atoms with van der Waals surface area (Å²) in [5, 5.41) is 0.516. The van der Waals surface area contributed by atoms with E-state index in [2.05, 4.69) is 13.2 Å². The molecule has 0 saturated heterocycles. The maximum atomic E-state index is 5.77. The Bertz CT molecular complexity index is 202. The summed E-state index contributed by atoms with van der Waals surface area (Å²) in [6, 6.07) is 0. The van der Waals surface area contributed by atoms with Crippen LogP contribution >= 0.6 is 11.6 Å². The molecule has 0 spiro atoms. The first kappa shape index (κ1) is 10.0. The van der Waals surface area contributed by atoms with Crippen molar-refractivity contribution in [2.75, 3.05) is 7.11 Å². The molecule has 0 amide bonds. The molecule has 0 aromatic rings. The molecule has 0 N–H and O–H groups in total. The van der Waals surface area contributed by atoms with Crippen LogP contribution in [0.5, 0.6) is 0 Å². The summed E-state index contributed by atoms with van der Waals surface area (Å²) < 4.78 is 4.90. The summed E-state index contributed by atoms with van der Waals surface area (Å²) in [5.41, 5.74) is 0. The molecule has 0 rings (SSSR count). The standard InChI is InChI=1S/C9H11ClO/c1-4-6-7-8(10)9(5-2)11-3/h4-7H,1-2H2,3H3/b7-6-,9-8-. The van der Waals surface area contributed by atoms with Crippen molar-refractivity contribution in [1.82, 2.24) is 0 Å². The second kappa shape index (κ2) is 5.81. The average molecular weight is 171 g/mol. The highest BCUT2D eigenvalue weighted by Crippen LogP contribution is 2.12. The minimum atomic E-state index is 0.516. The number of allylic oxidation sites excluding steroid dienone is 5. The first-order valence-corrected chi connectivity index (χ1v) is 3.49. The van der Waals surface area contributed by atoms with Crippen LogP contribution in [0, 0.1) is 0 Å². The Kier molecular flexibility index (Phi) is 5.30. The molecule has 0 radical (unpaired) electrons. The van der Waals surface area contributed by atoms with Gasteiger partial charge in [-0.05, 0) is 12.2 Å². The smallest absolute Gasteiger partial charge is 0.136 e. The van der Waals surface area contributed by atoms with E-state index in [0.29, 0.717) is 10.8 Å². The molecule has 11 heavy (non-hydrogen) atoms. The van der Waals surface area contributed by atoms with E-state index >= 15 is 0 Å². The molecule has 0 atom stereocenters. The van der Waals surface area contributed by atoms with Crippen LogP contribution in [0.1, 0.15) is 0 Å². The molecule has 0 aliphatic heterocycles. The Labute approximate surface area is 72.3 Å². The van der Waals surface area contributed by atoms with Crippen molar-refractivity contribution < 1.29 is 4.74 Å². The molecule has 0 aliphatic rings. The first-order valence-electron chi connectivity index (χ1n) is 3.11. The van der Waals surface area contributed by atoms with Crippen molar-refractivity contribution >= 4 is 11.6 Å². The minimum absolute atomic E-state index is 0.516. The van der Waals surface area contributed by atoms with Crippen molar-refractivity contribution in [1.29, 1.82) is 0 Å². The van der Waals surface area contributed by atoms with E-state index in [-0.39, 0.29) is 0 Å². The predicted molar refractivity (Wildman–Crippen MR) is 49.4 cm³/mol. The lowest BCUT2D eigenvalue weighted by Crippen LogP contribution is -1.82. The number of methoxy groups -OCH3 is 1. The van der Waals surface area contributed by atoms with Gasteiger partial charge in [-0.3, -0.25) is 0 Å². The molecular formula is C9H11ClO. The zero-order valence-electron chi connectivity index (χ0n) is 6.51. The van der Waals surface area contributed by atoms with Crippen LogP contribution < -0.4 is 0 Å². The zero-order valence-corrected chi connectivity index (χ0v) is 7.27. The molecule has 60 valence electrons. The maximum absolute atomic E-state index is 5.77. The zero-order chi connectivity index (χ0) is 8.69. The van der Waals surface area contributed by atoms with Gasteiger partial charge in [0.25, 0.3) is 0 Å². The monoisotopic (exact) mass is 170 g/mol. The molecule has 0 aliphatic carbocycles. The third-order valence-corrected chi connectivity index (χ3v) is 1.33. The van der Waals surface area contributed by atoms with Gasteiger partial charge in [0.05, 0.1) is 12.1 Å². The molecule has 2 heteroatoms. The topological polar surface area (TPSA) is 9.23 Å². The Morgan fingerprint density at radius 2 is 2.09 bits per heavy atom. The van der Waals surface area contributed by atoms with Gasteiger partial charge in [0.15, 0.2) is 0 Å². The number of hydrogen-bond acceptors (Lipinski definition) is 1. The van der Waals surface area contributed by atoms with E-state index in [1.165, 1.54) is 0 Å². The van der Waals surface area contributed by atoms with Crippen molar-refractivity contribution in [3.63, 3.8) is 0 Å². The molecule has 0 saturated carbocycles. The number of hydrogen-bond donors (Lipinski definition) is 0. The molecule has 0 heterocycles. The molecule has 0 bridgehead atoms. The van der Waals surface area contributed by atoms with E-state index in [4.69, 9.17) is 16.3 Å². The van der Waals surface area contributed by atoms with E-state index in [1.54, 1.807) is 31.4 Å². The van der Waals surface area contributed by atoms with Gasteiger partial charge in [0.2, 0.25) is 0 Å². The summed E-state index contributed by atoms with van der Waals surface area (Å²) >= 11 is 5.77. The third kappa shape index (κ3) is 3.68. The largest absolute Gasteiger partial charge is 0.495 e. The molecular weight excluding hydrogens is 160 g/mol. The third-order valence-electron chi connectivity index (χ3n) is 1.02. The van der Waals surface area contributed by atoms with E-state index in [9.17, 15) is 0 Å². The van der Waals surface area contributed by atoms with Gasteiger partial charge in [0, 0.05) is 0 Å². The van der Waals surface area contributed by atoms with Gasteiger partial charge in [-0.2, -0.15) is 0 Å². The van der Waals surface area contributed by atoms with Crippen LogP contribution in [0.25, 0.3) is 0 Å². The minimum Gasteiger partial charge on any atom is -0.495 e. The molecule has 0 unspecified atom stereocenters. The lowest BCUT2D eigenvalue weighted by molar-refractivity contribution is 0.306. The number of rotatable bonds is 4. The van der Waals surface area contributed by atoms with Gasteiger partial charge < -0.3 is 4.74 Å². The highest BCUT2D eigenvalue weighted by Gasteiger charge is 1.94. The summed E-state index contributed by atoms with van der Waals surface area (Å²) in [6.45, 7) is 7.04. The van der Waals surface area contributed by atoms with Crippen molar-refractivity contribution in [3.05, 3.63) is 48.3 Å². The van der Waals surface area contributed by atoms with Gasteiger partial charge >= 0.3 is 0 Å². The average Bonchev–Trinajstić information content (AvgIpc) is 2.03. The summed E-state index contributed by atoms with van der Waals surface area (Å²) in [5.74, 6) is 0.560. The quantitative estimate of drug-likeness (QED) is 0.466. The second-order valence-corrected chi connectivity index (χ2v) is 2.12. The van der Waals surface area contributed by atoms with E-state index in [0.717, 1.165) is 0 Å². The lowest BCUT2D eigenvalue weighted by atomic mass is 10.4. The maximum Gasteiger partial charge on any atom is 0.136 e. The fourth-order valence-corrected chi connectivity index (χ4v) is 0.740. The van der Waals surface area contributed by atoms with Gasteiger partial charge in [0.1, 0.15) is 5.76 Å². The summed E-state index contributed by atoms with van der Waals surface area (Å²) in [7, 11) is 1.54. The van der Waals surface area contributed by atoms with Gasteiger partial charge in [-0.15, -0.1) is 0 Å². The van der Waals surface area contributed by atoms with Crippen molar-refractivity contribution in [2.24, 2.45) is 0 Å². The first-order chi connectivity index (χ1) is 5.26. The van der Waals surface area contributed by atoms with Crippen LogP contribution in [0.4, 0.5) is 0 Å². The van der Waals surface area contributed by atoms with Gasteiger partial charge in [-0.25, -0.2) is 0 Å². The van der Waals surface area contributed by atoms with Crippen LogP contribution in [0.3, 0.4) is 0 Å². The molecule has 1 nitrogen and oxygen atoms in total. The normalized spacial score (nSPS) is 12.5. The van der Waals surface area contributed by atoms with Crippen molar-refractivity contribution in [2.45, 2.75) is 0 Å². The summed E-state index contributed by atoms with van der Waals surface area (Å²) in [6.07, 6.45) is 6.61. The Morgan fingerprint density at radius 1 is 1.45 bits per heavy atom. The Balaban J connectivity index is 4.46. The Hall–Kier alpha value is -0.950. The van der Waals surface area contributed by atoms with Crippen LogP contribution in [0.2, 0.25) is 0 Å². The van der Waals surface area contributed by atoms with Crippen LogP contribution in [-0.4, -0.2) is 7.11 Å². The highest BCUT2D eigenvalue weighted by atomic mass is 35.5. The fraction of sp³-hybridized carbons (Fsp3) is 0.111. The van der Waals surface area contributed by atoms with E-state index in [1.807, 2.05) is 0 Å². The Morgan fingerprint density at radius 3 is 2.45 bits per heavy atom. The molecule has 0 fully saturated rings. The summed E-state index contributed by atoms with van der Waals surface area (Å²) in [4.78, 5) is 0. The molecule has 0 aromatic heterocycles. The van der Waals surface area contributed by atoms with E-state index < -0.39 is 0 Å². The van der Waals surface area contributed by atoms with Gasteiger partial charge in [-0.1, -0.05) is 36.9 Å². The SMILES string of the molecule is C=C/C=C\C(Cl)=C(/C=C)OC.